The lowest BCUT2D eigenvalue weighted by Crippen LogP contribution is -2.28. The number of ketones is 1. The average Bonchev–Trinajstić information content (AvgIpc) is 3.62. The van der Waals surface area contributed by atoms with Crippen molar-refractivity contribution in [3.8, 4) is 28.0 Å². The van der Waals surface area contributed by atoms with Gasteiger partial charge in [0, 0.05) is 37.4 Å². The number of hydrogen-bond donors (Lipinski definition) is 1. The molecule has 5 heterocycles. The van der Waals surface area contributed by atoms with Gasteiger partial charge in [0.1, 0.15) is 21.7 Å². The Morgan fingerprint density at radius 2 is 2.05 bits per heavy atom. The summed E-state index contributed by atoms with van der Waals surface area (Å²) in [6.45, 7) is 6.99. The number of carbonyl (C=O) groups excluding carboxylic acids is 2. The Bertz CT molecular complexity index is 1530. The molecule has 9 nitrogen and oxygen atoms in total. The van der Waals surface area contributed by atoms with Gasteiger partial charge >= 0.3 is 0 Å². The van der Waals surface area contributed by atoms with E-state index in [2.05, 4.69) is 35.3 Å². The van der Waals surface area contributed by atoms with Crippen LogP contribution in [0, 0.1) is 17.2 Å². The molecule has 1 aliphatic rings. The van der Waals surface area contributed by atoms with Gasteiger partial charge in [-0.2, -0.15) is 10.4 Å². The van der Waals surface area contributed by atoms with Gasteiger partial charge in [-0.05, 0) is 57.4 Å². The van der Waals surface area contributed by atoms with Gasteiger partial charge in [0.2, 0.25) is 0 Å². The Morgan fingerprint density at radius 1 is 1.22 bits per heavy atom. The number of carbonyl (C=O) groups is 2. The fourth-order valence-corrected chi connectivity index (χ4v) is 5.60. The molecule has 5 rings (SSSR count). The van der Waals surface area contributed by atoms with Crippen molar-refractivity contribution in [3.63, 3.8) is 0 Å². The van der Waals surface area contributed by atoms with Gasteiger partial charge in [0.05, 0.1) is 40.4 Å². The number of aromatic nitrogens is 4. The third-order valence-corrected chi connectivity index (χ3v) is 7.35. The zero-order valence-electron chi connectivity index (χ0n) is 20.9. The number of pyridine rings is 1. The SMILES string of the molecule is CC(=O)C[C@@H]1CCN(C(=O)c2cnc(-c3cnc(-c4ccc5cc(C#N)cnn45)cc3NC(C)C)s2)C1. The standard InChI is InChI=1S/C27H27N7O2S/c1-16(2)32-22-10-23(24-5-4-20-9-19(11-28)12-31-34(20)24)29-13-21(22)26-30-14-25(37-26)27(36)33-7-6-18(15-33)8-17(3)35/h4-5,9-10,12-14,16,18H,6-8,15H2,1-3H3,(H,29,32)/t18-/m0/s1. The molecule has 1 N–H and O–H groups in total. The van der Waals surface area contributed by atoms with Crippen LogP contribution < -0.4 is 5.32 Å². The Kier molecular flexibility index (Phi) is 6.72. The Hall–Kier alpha value is -4.10. The smallest absolute Gasteiger partial charge is 0.265 e. The topological polar surface area (TPSA) is 116 Å². The van der Waals surface area contributed by atoms with E-state index in [9.17, 15) is 9.59 Å². The number of anilines is 1. The average molecular weight is 514 g/mol. The molecule has 0 unspecified atom stereocenters. The summed E-state index contributed by atoms with van der Waals surface area (Å²) in [6, 6.07) is 9.87. The highest BCUT2D eigenvalue weighted by Crippen LogP contribution is 2.35. The van der Waals surface area contributed by atoms with Crippen LogP contribution in [0.4, 0.5) is 5.69 Å². The molecule has 10 heteroatoms. The predicted molar refractivity (Wildman–Crippen MR) is 142 cm³/mol. The van der Waals surface area contributed by atoms with Crippen molar-refractivity contribution in [2.24, 2.45) is 5.92 Å². The summed E-state index contributed by atoms with van der Waals surface area (Å²) in [5.74, 6) is 0.357. The number of nitrogens with one attached hydrogen (secondary N) is 1. The third kappa shape index (κ3) is 5.08. The molecule has 37 heavy (non-hydrogen) atoms. The van der Waals surface area contributed by atoms with Gasteiger partial charge in [-0.1, -0.05) is 0 Å². The van der Waals surface area contributed by atoms with Crippen LogP contribution in [-0.4, -0.2) is 55.3 Å². The second-order valence-corrected chi connectivity index (χ2v) is 10.7. The number of nitriles is 1. The van der Waals surface area contributed by atoms with Crippen molar-refractivity contribution in [1.29, 1.82) is 5.26 Å². The lowest BCUT2D eigenvalue weighted by atomic mass is 10.0. The van der Waals surface area contributed by atoms with Crippen molar-refractivity contribution in [2.75, 3.05) is 18.4 Å². The zero-order chi connectivity index (χ0) is 26.1. The van der Waals surface area contributed by atoms with Crippen molar-refractivity contribution >= 4 is 34.2 Å². The molecule has 188 valence electrons. The second kappa shape index (κ2) is 10.1. The maximum absolute atomic E-state index is 13.1. The predicted octanol–water partition coefficient (Wildman–Crippen LogP) is 4.65. The van der Waals surface area contributed by atoms with E-state index in [1.165, 1.54) is 17.5 Å². The molecule has 1 saturated heterocycles. The number of amides is 1. The van der Waals surface area contributed by atoms with Crippen LogP contribution >= 0.6 is 11.3 Å². The fraction of sp³-hybridized carbons (Fsp3) is 0.333. The summed E-state index contributed by atoms with van der Waals surface area (Å²) in [6.07, 6.45) is 6.31. The maximum atomic E-state index is 13.1. The zero-order valence-corrected chi connectivity index (χ0v) is 21.7. The van der Waals surface area contributed by atoms with Crippen molar-refractivity contribution in [3.05, 3.63) is 53.3 Å². The minimum Gasteiger partial charge on any atom is -0.382 e. The van der Waals surface area contributed by atoms with E-state index in [-0.39, 0.29) is 23.7 Å². The van der Waals surface area contributed by atoms with E-state index in [1.807, 2.05) is 23.1 Å². The Morgan fingerprint density at radius 3 is 2.81 bits per heavy atom. The maximum Gasteiger partial charge on any atom is 0.265 e. The molecule has 0 bridgehead atoms. The van der Waals surface area contributed by atoms with E-state index < -0.39 is 0 Å². The molecular weight excluding hydrogens is 486 g/mol. The largest absolute Gasteiger partial charge is 0.382 e. The minimum absolute atomic E-state index is 0.0415. The Labute approximate surface area is 218 Å². The highest BCUT2D eigenvalue weighted by atomic mass is 32.1. The molecule has 0 aromatic carbocycles. The van der Waals surface area contributed by atoms with Crippen molar-refractivity contribution in [1.82, 2.24) is 24.5 Å². The molecular formula is C27H27N7O2S. The highest BCUT2D eigenvalue weighted by molar-refractivity contribution is 7.17. The van der Waals surface area contributed by atoms with Crippen molar-refractivity contribution in [2.45, 2.75) is 39.7 Å². The van der Waals surface area contributed by atoms with Crippen LogP contribution in [0.1, 0.15) is 48.8 Å². The number of fused-ring (bicyclic) bond motifs is 1. The highest BCUT2D eigenvalue weighted by Gasteiger charge is 2.29. The first-order chi connectivity index (χ1) is 17.8. The summed E-state index contributed by atoms with van der Waals surface area (Å²) in [5.41, 5.74) is 4.53. The number of rotatable bonds is 7. The van der Waals surface area contributed by atoms with E-state index in [0.29, 0.717) is 35.0 Å². The van der Waals surface area contributed by atoms with Crippen LogP contribution in [0.25, 0.3) is 27.5 Å². The summed E-state index contributed by atoms with van der Waals surface area (Å²) >= 11 is 1.35. The van der Waals surface area contributed by atoms with Crippen LogP contribution in [0.2, 0.25) is 0 Å². The lowest BCUT2D eigenvalue weighted by molar-refractivity contribution is -0.117. The van der Waals surface area contributed by atoms with E-state index in [1.54, 1.807) is 29.9 Å². The molecule has 1 fully saturated rings. The molecule has 1 amide bonds. The van der Waals surface area contributed by atoms with Crippen LogP contribution in [-0.2, 0) is 4.79 Å². The van der Waals surface area contributed by atoms with E-state index in [4.69, 9.17) is 10.2 Å². The van der Waals surface area contributed by atoms with Crippen LogP contribution in [0.15, 0.2) is 42.9 Å². The molecule has 0 radical (unpaired) electrons. The summed E-state index contributed by atoms with van der Waals surface area (Å²) in [7, 11) is 0. The first kappa shape index (κ1) is 24.6. The Balaban J connectivity index is 1.44. The molecule has 4 aromatic rings. The first-order valence-corrected chi connectivity index (χ1v) is 13.0. The minimum atomic E-state index is -0.0415. The molecule has 0 saturated carbocycles. The van der Waals surface area contributed by atoms with Gasteiger partial charge in [-0.3, -0.25) is 9.78 Å². The van der Waals surface area contributed by atoms with Gasteiger partial charge < -0.3 is 15.0 Å². The summed E-state index contributed by atoms with van der Waals surface area (Å²) in [4.78, 5) is 36.2. The van der Waals surface area contributed by atoms with Crippen LogP contribution in [0.5, 0.6) is 0 Å². The number of thiazole rings is 1. The number of Topliss-reactive ketones (excluding diaryl/α,β-unsaturated/α-hetero) is 1. The number of hydrogen-bond acceptors (Lipinski definition) is 8. The molecule has 1 atom stereocenters. The van der Waals surface area contributed by atoms with Gasteiger partial charge in [-0.15, -0.1) is 11.3 Å². The van der Waals surface area contributed by atoms with Gasteiger partial charge in [0.15, 0.2) is 0 Å². The van der Waals surface area contributed by atoms with E-state index >= 15 is 0 Å². The first-order valence-electron chi connectivity index (χ1n) is 12.2. The molecule has 1 aliphatic heterocycles. The number of likely N-dealkylation sites (tertiary alicyclic amines) is 1. The molecule has 0 spiro atoms. The van der Waals surface area contributed by atoms with Crippen LogP contribution in [0.3, 0.4) is 0 Å². The van der Waals surface area contributed by atoms with Gasteiger partial charge in [0.25, 0.3) is 5.91 Å². The lowest BCUT2D eigenvalue weighted by Gasteiger charge is -2.15. The van der Waals surface area contributed by atoms with E-state index in [0.717, 1.165) is 34.6 Å². The third-order valence-electron chi connectivity index (χ3n) is 6.34. The number of nitrogens with zero attached hydrogens (tertiary/aromatic N) is 6. The summed E-state index contributed by atoms with van der Waals surface area (Å²) in [5, 5.41) is 17.8. The fourth-order valence-electron chi connectivity index (χ4n) is 4.69. The monoisotopic (exact) mass is 513 g/mol. The molecule has 4 aromatic heterocycles. The van der Waals surface area contributed by atoms with Crippen molar-refractivity contribution < 1.29 is 9.59 Å². The molecule has 0 aliphatic carbocycles. The van der Waals surface area contributed by atoms with Gasteiger partial charge in [-0.25, -0.2) is 9.50 Å². The quantitative estimate of drug-likeness (QED) is 0.382. The second-order valence-electron chi connectivity index (χ2n) is 9.67. The normalized spacial score (nSPS) is 15.3. The summed E-state index contributed by atoms with van der Waals surface area (Å²) < 4.78 is 1.76.